The number of fused-ring (bicyclic) bond motifs is 2. The summed E-state index contributed by atoms with van der Waals surface area (Å²) < 4.78 is 0. The van der Waals surface area contributed by atoms with E-state index in [-0.39, 0.29) is 42.7 Å². The number of aliphatic hydroxyl groups excluding tert-OH is 1. The lowest BCUT2D eigenvalue weighted by molar-refractivity contribution is -0.140. The van der Waals surface area contributed by atoms with Gasteiger partial charge in [0, 0.05) is 85.4 Å². The SMILES string of the molecule is CC(=O)N[C@H]1CCSC[C@@H](C(=O)N[C@@H](Cc2ccc(O)cc2)C(=O)N[C@@H](Cc2c[nH]c3ccccc23)C(=O)N[C@@](C)(CC(C)C)C(=O)N[C@@H](CCC(=O)O)C(=O)N[C@@H](CC(N)=O)C(=O)NCC(N)=O)NC(=O)[C@H](CCC(N)=O)NC(=O)[C@H](Cc2c[nH]c3ccccc23)NC(=O)[C@H]([C@@H](C)O)NC(=O)[C@H](CCC(N)=O)NC1=O. The second-order valence-corrected chi connectivity index (χ2v) is 28.7. The number of aromatic amines is 2. The molecule has 16 amide bonds. The van der Waals surface area contributed by atoms with E-state index in [1.165, 1.54) is 31.2 Å². The molecule has 39 heteroatoms. The van der Waals surface area contributed by atoms with Crippen molar-refractivity contribution in [2.75, 3.05) is 18.1 Å². The molecule has 0 bridgehead atoms. The molecule has 0 aliphatic carbocycles. The summed E-state index contributed by atoms with van der Waals surface area (Å²) in [6, 6.07) is 1.77. The molecule has 0 spiro atoms. The lowest BCUT2D eigenvalue weighted by atomic mass is 9.88. The number of thioether (sulfide) groups is 1. The fraction of sp³-hybridized carbons (Fsp3) is 0.458. The van der Waals surface area contributed by atoms with Crippen molar-refractivity contribution in [3.63, 3.8) is 0 Å². The number of nitrogens with one attached hydrogen (secondary N) is 14. The van der Waals surface area contributed by atoms with Gasteiger partial charge in [0.1, 0.15) is 71.7 Å². The van der Waals surface area contributed by atoms with Crippen LogP contribution in [-0.4, -0.2) is 216 Å². The van der Waals surface area contributed by atoms with E-state index in [1.807, 2.05) is 0 Å². The molecule has 1 aliphatic rings. The molecule has 0 saturated carbocycles. The van der Waals surface area contributed by atoms with Crippen LogP contribution in [0.2, 0.25) is 0 Å². The van der Waals surface area contributed by atoms with Gasteiger partial charge < -0.3 is 112 Å². The monoisotopic (exact) mass is 1560 g/mol. The number of aliphatic hydroxyl groups is 1. The maximum Gasteiger partial charge on any atom is 0.303 e. The molecule has 12 atom stereocenters. The molecule has 25 N–H and O–H groups in total. The van der Waals surface area contributed by atoms with Crippen LogP contribution in [0.4, 0.5) is 0 Å². The average molecular weight is 1570 g/mol. The molecule has 0 radical (unpaired) electrons. The number of amides is 16. The van der Waals surface area contributed by atoms with Crippen LogP contribution in [0.3, 0.4) is 0 Å². The number of nitrogens with two attached hydrogens (primary N) is 4. The molecule has 5 aromatic rings. The summed E-state index contributed by atoms with van der Waals surface area (Å²) in [6.07, 6.45) is -4.53. The second-order valence-electron chi connectivity index (χ2n) is 27.5. The van der Waals surface area contributed by atoms with Gasteiger partial charge in [-0.2, -0.15) is 11.8 Å². The normalized spacial score (nSPS) is 19.4. The fourth-order valence-corrected chi connectivity index (χ4v) is 13.3. The van der Waals surface area contributed by atoms with E-state index in [0.29, 0.717) is 32.9 Å². The molecule has 1 saturated heterocycles. The van der Waals surface area contributed by atoms with E-state index in [0.717, 1.165) is 25.6 Å². The van der Waals surface area contributed by atoms with Crippen molar-refractivity contribution in [1.82, 2.24) is 73.8 Å². The number of aromatic nitrogens is 2. The molecular weight excluding hydrogens is 1470 g/mol. The van der Waals surface area contributed by atoms with Gasteiger partial charge in [0.2, 0.25) is 94.5 Å². The van der Waals surface area contributed by atoms with Crippen LogP contribution in [-0.2, 0) is 101 Å². The fourth-order valence-electron chi connectivity index (χ4n) is 12.2. The molecular formula is C72H96N18O20S. The number of rotatable bonds is 34. The minimum atomic E-state index is -2.07. The highest BCUT2D eigenvalue weighted by atomic mass is 32.2. The largest absolute Gasteiger partial charge is 0.508 e. The smallest absolute Gasteiger partial charge is 0.303 e. The van der Waals surface area contributed by atoms with E-state index in [2.05, 4.69) is 73.8 Å². The molecule has 1 aliphatic heterocycles. The van der Waals surface area contributed by atoms with Crippen LogP contribution < -0.4 is 86.7 Å². The number of hydrogen-bond acceptors (Lipinski definition) is 20. The van der Waals surface area contributed by atoms with E-state index >= 15 is 19.2 Å². The number of H-pyrrole nitrogens is 2. The summed E-state index contributed by atoms with van der Waals surface area (Å²) in [6.45, 7) is 6.13. The number of phenolic OH excluding ortho intramolecular Hbond substituents is 1. The van der Waals surface area contributed by atoms with Crippen LogP contribution in [0.25, 0.3) is 21.8 Å². The van der Waals surface area contributed by atoms with Crippen molar-refractivity contribution in [3.05, 3.63) is 102 Å². The van der Waals surface area contributed by atoms with E-state index < -0.39 is 242 Å². The van der Waals surface area contributed by atoms with Crippen molar-refractivity contribution in [2.24, 2.45) is 28.9 Å². The van der Waals surface area contributed by atoms with E-state index in [9.17, 15) is 77.6 Å². The van der Waals surface area contributed by atoms with Crippen LogP contribution in [0, 0.1) is 5.92 Å². The van der Waals surface area contributed by atoms with Crippen molar-refractivity contribution < 1.29 is 96.8 Å². The van der Waals surface area contributed by atoms with Crippen LogP contribution in [0.15, 0.2) is 85.2 Å². The second kappa shape index (κ2) is 41.4. The van der Waals surface area contributed by atoms with Crippen LogP contribution in [0.1, 0.15) is 109 Å². The molecule has 0 unspecified atom stereocenters. The number of carbonyl (C=O) groups excluding carboxylic acids is 16. The number of hydrogen-bond donors (Lipinski definition) is 21. The summed E-state index contributed by atoms with van der Waals surface area (Å²) in [4.78, 5) is 240. The summed E-state index contributed by atoms with van der Waals surface area (Å²) in [7, 11) is 0. The summed E-state index contributed by atoms with van der Waals surface area (Å²) in [5.74, 6) is -19.5. The molecule has 111 heavy (non-hydrogen) atoms. The Hall–Kier alpha value is -12.2. The Morgan fingerprint density at radius 1 is 0.586 bits per heavy atom. The molecule has 6 rings (SSSR count). The zero-order valence-corrected chi connectivity index (χ0v) is 62.4. The van der Waals surface area contributed by atoms with Crippen LogP contribution in [0.5, 0.6) is 5.75 Å². The lowest BCUT2D eigenvalue weighted by Crippen LogP contribution is -2.65. The van der Waals surface area contributed by atoms with Crippen LogP contribution >= 0.6 is 11.8 Å². The third-order valence-electron chi connectivity index (χ3n) is 17.8. The zero-order valence-electron chi connectivity index (χ0n) is 61.6. The quantitative estimate of drug-likeness (QED) is 0.0185. The molecule has 38 nitrogen and oxygen atoms in total. The predicted molar refractivity (Wildman–Crippen MR) is 400 cm³/mol. The number of benzene rings is 3. The molecule has 1 fully saturated rings. The third-order valence-corrected chi connectivity index (χ3v) is 18.9. The van der Waals surface area contributed by atoms with Gasteiger partial charge in [0.05, 0.1) is 19.1 Å². The van der Waals surface area contributed by atoms with Crippen molar-refractivity contribution >= 4 is 134 Å². The van der Waals surface area contributed by atoms with Crippen molar-refractivity contribution in [1.29, 1.82) is 0 Å². The van der Waals surface area contributed by atoms with Crippen molar-refractivity contribution in [3.8, 4) is 5.75 Å². The highest BCUT2D eigenvalue weighted by Gasteiger charge is 2.42. The van der Waals surface area contributed by atoms with Gasteiger partial charge in [-0.05, 0) is 98.6 Å². The standard InChI is InChI=1S/C72H96N18O20S/c1-35(2)30-72(5,71(110)88-48(20-23-59(98)99)63(102)85-53(29-57(75)96)61(100)79-33-58(76)97)90-69(108)52(28-40-32-78-45-13-9-7-11-43(40)45)84-66(105)50(26-38-14-16-41(93)17-15-38)83-68(107)54-34-111-25-24-49(80-37(4)92)64(103)81-47(19-22-56(74)95)65(104)89-60(36(3)91)70(109)86-51(27-39-31-77-44-12-8-6-10-42(39)44)67(106)82-46(62(101)87-54)18-21-55(73)94/h6-17,31-32,35-36,46-54,60,77-78,91,93H,18-30,33-34H2,1-5H3,(H2,73,94)(H2,74,95)(H2,75,96)(H2,76,97)(H,79,100)(H,80,92)(H,81,103)(H,82,106)(H,83,107)(H,84,105)(H,85,102)(H,86,109)(H,87,101)(H,88,110)(H,89,104)(H,90,108)(H,98,99)/t36-,46+,47+,48+,49+,50+,51+,52+,53+,54+,60+,72+/m1/s1. The Balaban J connectivity index is 1.43. The van der Waals surface area contributed by atoms with Gasteiger partial charge >= 0.3 is 5.97 Å². The number of aliphatic carboxylic acids is 1. The van der Waals surface area contributed by atoms with Gasteiger partial charge in [-0.15, -0.1) is 0 Å². The first-order valence-electron chi connectivity index (χ1n) is 35.5. The third kappa shape index (κ3) is 27.5. The van der Waals surface area contributed by atoms with Gasteiger partial charge in [-0.25, -0.2) is 0 Å². The summed E-state index contributed by atoms with van der Waals surface area (Å²) in [5.41, 5.74) is 21.9. The maximum atomic E-state index is 15.5. The van der Waals surface area contributed by atoms with Gasteiger partial charge in [-0.3, -0.25) is 81.5 Å². The lowest BCUT2D eigenvalue weighted by Gasteiger charge is -2.34. The predicted octanol–water partition coefficient (Wildman–Crippen LogP) is -4.44. The highest BCUT2D eigenvalue weighted by molar-refractivity contribution is 7.99. The Morgan fingerprint density at radius 2 is 1.13 bits per heavy atom. The van der Waals surface area contributed by atoms with Crippen molar-refractivity contribution in [2.45, 2.75) is 184 Å². The average Bonchev–Trinajstić information content (AvgIpc) is 1.81. The number of primary amides is 4. The van der Waals surface area contributed by atoms with E-state index in [4.69, 9.17) is 22.9 Å². The number of carboxylic acids is 1. The maximum absolute atomic E-state index is 15.5. The van der Waals surface area contributed by atoms with E-state index in [1.54, 1.807) is 74.8 Å². The highest BCUT2D eigenvalue weighted by Crippen LogP contribution is 2.24. The zero-order chi connectivity index (χ0) is 82.0. The number of phenols is 1. The van der Waals surface area contributed by atoms with Gasteiger partial charge in [0.15, 0.2) is 0 Å². The first-order chi connectivity index (χ1) is 52.4. The number of aromatic hydroxyl groups is 1. The molecule has 600 valence electrons. The Morgan fingerprint density at radius 3 is 1.69 bits per heavy atom. The first kappa shape index (κ1) is 87.7. The Labute approximate surface area is 640 Å². The minimum Gasteiger partial charge on any atom is -0.508 e. The number of para-hydroxylation sites is 2. The first-order valence-corrected chi connectivity index (χ1v) is 36.6. The molecule has 3 heterocycles. The summed E-state index contributed by atoms with van der Waals surface area (Å²) >= 11 is 0.905. The molecule has 2 aromatic heterocycles. The van der Waals surface area contributed by atoms with Gasteiger partial charge in [-0.1, -0.05) is 62.4 Å². The number of carbonyl (C=O) groups is 17. The Bertz CT molecular complexity index is 4260. The summed E-state index contributed by atoms with van der Waals surface area (Å²) in [5, 5.41) is 62.3. The van der Waals surface area contributed by atoms with Gasteiger partial charge in [0.25, 0.3) is 0 Å². The topological polar surface area (TPSA) is 631 Å². The Kier molecular flexibility index (Phi) is 32.7. The number of carboxylic acid groups (broad SMARTS) is 1. The molecule has 3 aromatic carbocycles. The minimum absolute atomic E-state index is 0.153.